The van der Waals surface area contributed by atoms with E-state index in [1.807, 2.05) is 0 Å². The van der Waals surface area contributed by atoms with E-state index in [0.29, 0.717) is 50.9 Å². The van der Waals surface area contributed by atoms with Crippen molar-refractivity contribution in [3.05, 3.63) is 41.9 Å². The van der Waals surface area contributed by atoms with Crippen molar-refractivity contribution in [2.45, 2.75) is 0 Å². The number of ether oxygens (including phenoxy) is 3. The number of aliphatic hydroxyl groups is 1. The van der Waals surface area contributed by atoms with Crippen molar-refractivity contribution in [1.82, 2.24) is 10.6 Å². The molecule has 2 amide bonds. The monoisotopic (exact) mass is 412 g/mol. The van der Waals surface area contributed by atoms with E-state index in [0.717, 1.165) is 6.29 Å². The van der Waals surface area contributed by atoms with Crippen LogP contribution in [-0.2, 0) is 19.0 Å². The number of hydrogen-bond acceptors (Lipinski definition) is 9. The van der Waals surface area contributed by atoms with Gasteiger partial charge in [0.2, 0.25) is 5.88 Å². The van der Waals surface area contributed by atoms with Gasteiger partial charge in [-0.2, -0.15) is 5.90 Å². The Morgan fingerprint density at radius 3 is 2.21 bits per heavy atom. The molecule has 0 spiro atoms. The van der Waals surface area contributed by atoms with E-state index in [2.05, 4.69) is 20.8 Å². The van der Waals surface area contributed by atoms with Gasteiger partial charge in [0.05, 0.1) is 52.4 Å². The first-order valence-electron chi connectivity index (χ1n) is 8.97. The van der Waals surface area contributed by atoms with Crippen LogP contribution in [0.3, 0.4) is 0 Å². The van der Waals surface area contributed by atoms with Gasteiger partial charge in [-0.25, -0.2) is 4.79 Å². The molecule has 0 heterocycles. The Labute approximate surface area is 169 Å². The highest BCUT2D eigenvalue weighted by molar-refractivity contribution is 5.76. The molecule has 0 aliphatic heterocycles. The fraction of sp³-hybridized carbons (Fsp3) is 0.444. The van der Waals surface area contributed by atoms with Crippen molar-refractivity contribution < 1.29 is 33.7 Å². The molecule has 0 radical (unpaired) electrons. The molecule has 0 aliphatic rings. The van der Waals surface area contributed by atoms with E-state index in [9.17, 15) is 9.59 Å². The molecule has 0 aliphatic carbocycles. The molecule has 29 heavy (non-hydrogen) atoms. The quantitative estimate of drug-likeness (QED) is 0.109. The molecule has 0 fully saturated rings. The second-order valence-corrected chi connectivity index (χ2v) is 5.45. The van der Waals surface area contributed by atoms with Crippen LogP contribution >= 0.6 is 0 Å². The maximum Gasteiger partial charge on any atom is 0.321 e. The first-order chi connectivity index (χ1) is 14.2. The predicted molar refractivity (Wildman–Crippen MR) is 105 cm³/mol. The van der Waals surface area contributed by atoms with Crippen LogP contribution in [0, 0.1) is 0 Å². The number of nitrogens with one attached hydrogen (secondary N) is 3. The van der Waals surface area contributed by atoms with E-state index in [1.165, 1.54) is 6.20 Å². The minimum Gasteiger partial charge on any atom is -0.394 e. The number of anilines is 1. The molecule has 0 atom stereocenters. The first-order valence-corrected chi connectivity index (χ1v) is 8.97. The van der Waals surface area contributed by atoms with Crippen molar-refractivity contribution in [3.63, 3.8) is 0 Å². The Hall–Kier alpha value is -2.70. The largest absolute Gasteiger partial charge is 0.394 e. The summed E-state index contributed by atoms with van der Waals surface area (Å²) in [6, 6.07) is 6.15. The molecule has 0 saturated carbocycles. The standard InChI is InChI=1S/C18H28N4O7/c19-29-17(13-21-16-3-1-15(14-24)2-4-16)22-18(25)20-5-7-26-9-11-28-12-10-27-8-6-23/h1-4,13-14,21,23H,5-12,19H2,(H2,20,22,25)/b17-13-. The van der Waals surface area contributed by atoms with Crippen molar-refractivity contribution in [1.29, 1.82) is 0 Å². The van der Waals surface area contributed by atoms with Gasteiger partial charge in [0.15, 0.2) is 0 Å². The minimum atomic E-state index is -0.513. The summed E-state index contributed by atoms with van der Waals surface area (Å²) in [6.07, 6.45) is 2.11. The Morgan fingerprint density at radius 2 is 1.62 bits per heavy atom. The van der Waals surface area contributed by atoms with Gasteiger partial charge >= 0.3 is 6.03 Å². The average Bonchev–Trinajstić information content (AvgIpc) is 2.75. The number of carbonyl (C=O) groups excluding carboxylic acids is 2. The number of nitrogens with two attached hydrogens (primary N) is 1. The molecular weight excluding hydrogens is 384 g/mol. The van der Waals surface area contributed by atoms with Crippen molar-refractivity contribution in [2.24, 2.45) is 5.90 Å². The van der Waals surface area contributed by atoms with Gasteiger partial charge in [0.1, 0.15) is 6.29 Å². The lowest BCUT2D eigenvalue weighted by atomic mass is 10.2. The Morgan fingerprint density at radius 1 is 1.00 bits per heavy atom. The molecule has 1 aromatic rings. The highest BCUT2D eigenvalue weighted by Gasteiger charge is 2.04. The summed E-state index contributed by atoms with van der Waals surface area (Å²) in [5.74, 6) is 5.13. The smallest absolute Gasteiger partial charge is 0.321 e. The van der Waals surface area contributed by atoms with E-state index in [-0.39, 0.29) is 19.0 Å². The maximum absolute atomic E-state index is 11.8. The molecule has 1 aromatic carbocycles. The zero-order valence-electron chi connectivity index (χ0n) is 16.1. The van der Waals surface area contributed by atoms with Crippen LogP contribution in [0.4, 0.5) is 10.5 Å². The van der Waals surface area contributed by atoms with Gasteiger partial charge in [-0.3, -0.25) is 10.1 Å². The van der Waals surface area contributed by atoms with Gasteiger partial charge in [-0.15, -0.1) is 0 Å². The Balaban J connectivity index is 2.11. The van der Waals surface area contributed by atoms with Crippen LogP contribution in [0.2, 0.25) is 0 Å². The zero-order valence-corrected chi connectivity index (χ0v) is 16.1. The van der Waals surface area contributed by atoms with Gasteiger partial charge < -0.3 is 34.8 Å². The summed E-state index contributed by atoms with van der Waals surface area (Å²) in [5, 5.41) is 16.4. The zero-order chi connectivity index (χ0) is 21.2. The predicted octanol–water partition coefficient (Wildman–Crippen LogP) is -0.0585. The molecule has 0 bridgehead atoms. The minimum absolute atomic E-state index is 0.000279. The number of aldehydes is 1. The van der Waals surface area contributed by atoms with Crippen LogP contribution in [0.25, 0.3) is 0 Å². The molecule has 11 heteroatoms. The SMILES string of the molecule is NO/C(=C\Nc1ccc(C=O)cc1)NC(=O)NCCOCCOCCOCCO. The number of amides is 2. The van der Waals surface area contributed by atoms with Crippen molar-refractivity contribution in [3.8, 4) is 0 Å². The number of hydrogen-bond donors (Lipinski definition) is 5. The third-order valence-corrected chi connectivity index (χ3v) is 3.29. The molecule has 0 aromatic heterocycles. The van der Waals surface area contributed by atoms with E-state index in [1.54, 1.807) is 24.3 Å². The molecule has 11 nitrogen and oxygen atoms in total. The lowest BCUT2D eigenvalue weighted by molar-refractivity contribution is 0.00841. The highest BCUT2D eigenvalue weighted by atomic mass is 16.6. The summed E-state index contributed by atoms with van der Waals surface area (Å²) < 4.78 is 15.6. The van der Waals surface area contributed by atoms with Crippen LogP contribution in [0.1, 0.15) is 10.4 Å². The van der Waals surface area contributed by atoms with Gasteiger partial charge in [-0.1, -0.05) is 0 Å². The number of benzene rings is 1. The van der Waals surface area contributed by atoms with E-state index >= 15 is 0 Å². The third-order valence-electron chi connectivity index (χ3n) is 3.29. The van der Waals surface area contributed by atoms with Crippen molar-refractivity contribution >= 4 is 18.0 Å². The van der Waals surface area contributed by atoms with Gasteiger partial charge in [0.25, 0.3) is 0 Å². The van der Waals surface area contributed by atoms with Gasteiger partial charge in [0, 0.05) is 17.8 Å². The van der Waals surface area contributed by atoms with Crippen LogP contribution in [-0.4, -0.2) is 70.2 Å². The van der Waals surface area contributed by atoms with Crippen LogP contribution < -0.4 is 21.8 Å². The molecule has 0 saturated heterocycles. The molecule has 6 N–H and O–H groups in total. The topological polar surface area (TPSA) is 153 Å². The molecule has 0 unspecified atom stereocenters. The summed E-state index contributed by atoms with van der Waals surface area (Å²) >= 11 is 0. The number of urea groups is 1. The third kappa shape index (κ3) is 12.4. The van der Waals surface area contributed by atoms with Crippen molar-refractivity contribution in [2.75, 3.05) is 58.1 Å². The fourth-order valence-corrected chi connectivity index (χ4v) is 1.91. The molecule has 1 rings (SSSR count). The summed E-state index contributed by atoms with van der Waals surface area (Å²) in [6.45, 7) is 2.50. The van der Waals surface area contributed by atoms with Gasteiger partial charge in [-0.05, 0) is 24.3 Å². The summed E-state index contributed by atoms with van der Waals surface area (Å²) in [7, 11) is 0. The Kier molecular flexibility index (Phi) is 13.7. The highest BCUT2D eigenvalue weighted by Crippen LogP contribution is 2.08. The second kappa shape index (κ2) is 16.3. The molecule has 162 valence electrons. The summed E-state index contributed by atoms with van der Waals surface area (Å²) in [4.78, 5) is 27.0. The molecular formula is C18H28N4O7. The lowest BCUT2D eigenvalue weighted by Gasteiger charge is -2.10. The first kappa shape index (κ1) is 24.3. The number of rotatable bonds is 16. The van der Waals surface area contributed by atoms with Crippen LogP contribution in [0.15, 0.2) is 36.3 Å². The Bertz CT molecular complexity index is 611. The average molecular weight is 412 g/mol. The number of carbonyl (C=O) groups is 2. The number of aliphatic hydroxyl groups excluding tert-OH is 1. The van der Waals surface area contributed by atoms with E-state index < -0.39 is 6.03 Å². The normalized spacial score (nSPS) is 11.0. The second-order valence-electron chi connectivity index (χ2n) is 5.45. The summed E-state index contributed by atoms with van der Waals surface area (Å²) in [5.41, 5.74) is 1.23. The van der Waals surface area contributed by atoms with Crippen LogP contribution in [0.5, 0.6) is 0 Å². The lowest BCUT2D eigenvalue weighted by Crippen LogP contribution is -2.38. The maximum atomic E-state index is 11.8. The van der Waals surface area contributed by atoms with E-state index in [4.69, 9.17) is 25.2 Å². The fourth-order valence-electron chi connectivity index (χ4n) is 1.91.